The van der Waals surface area contributed by atoms with E-state index in [0.717, 1.165) is 19.4 Å². The van der Waals surface area contributed by atoms with Crippen LogP contribution in [0.5, 0.6) is 0 Å². The average molecular weight is 479 g/mol. The molecule has 1 fully saturated rings. The van der Waals surface area contributed by atoms with Gasteiger partial charge >= 0.3 is 12.1 Å². The summed E-state index contributed by atoms with van der Waals surface area (Å²) in [4.78, 5) is 37.8. The number of ether oxygens (including phenoxy) is 1. The predicted octanol–water partition coefficient (Wildman–Crippen LogP) is 4.65. The fraction of sp³-hybridized carbons (Fsp3) is 0.464. The van der Waals surface area contributed by atoms with Crippen molar-refractivity contribution in [2.45, 2.75) is 44.9 Å². The van der Waals surface area contributed by atoms with E-state index in [1.165, 1.54) is 22.3 Å². The highest BCUT2D eigenvalue weighted by Gasteiger charge is 2.29. The van der Waals surface area contributed by atoms with Gasteiger partial charge in [-0.2, -0.15) is 0 Å². The third-order valence-electron chi connectivity index (χ3n) is 7.10. The van der Waals surface area contributed by atoms with Gasteiger partial charge in [0.2, 0.25) is 5.91 Å². The first kappa shape index (κ1) is 24.8. The molecule has 1 heterocycles. The lowest BCUT2D eigenvalue weighted by Crippen LogP contribution is -2.41. The van der Waals surface area contributed by atoms with Gasteiger partial charge in [-0.3, -0.25) is 9.59 Å². The van der Waals surface area contributed by atoms with E-state index in [1.54, 1.807) is 0 Å². The Morgan fingerprint density at radius 1 is 1.09 bits per heavy atom. The molecule has 35 heavy (non-hydrogen) atoms. The summed E-state index contributed by atoms with van der Waals surface area (Å²) < 4.78 is 5.58. The molecule has 0 bridgehead atoms. The lowest BCUT2D eigenvalue weighted by Gasteiger charge is -2.33. The van der Waals surface area contributed by atoms with Crippen LogP contribution in [0.2, 0.25) is 0 Å². The number of nitrogens with one attached hydrogen (secondary N) is 1. The number of carboxylic acids is 1. The first-order chi connectivity index (χ1) is 16.9. The smallest absolute Gasteiger partial charge is 0.407 e. The molecule has 1 saturated heterocycles. The Balaban J connectivity index is 1.21. The number of aliphatic carboxylic acids is 1. The fourth-order valence-corrected chi connectivity index (χ4v) is 5.26. The second kappa shape index (κ2) is 11.4. The van der Waals surface area contributed by atoms with Crippen molar-refractivity contribution in [3.8, 4) is 11.1 Å². The summed E-state index contributed by atoms with van der Waals surface area (Å²) in [6, 6.07) is 16.4. The SMILES string of the molecule is CC(CNC(=O)OCC1c2ccccc2-c2ccccc21)CC(=O)N1CCCC(CCC(=O)O)C1. The quantitative estimate of drug-likeness (QED) is 0.547. The van der Waals surface area contributed by atoms with Gasteiger partial charge in [0.05, 0.1) is 0 Å². The summed E-state index contributed by atoms with van der Waals surface area (Å²) in [5.41, 5.74) is 4.71. The molecule has 2 unspecified atom stereocenters. The molecular weight excluding hydrogens is 444 g/mol. The van der Waals surface area contributed by atoms with Crippen molar-refractivity contribution in [3.63, 3.8) is 0 Å². The molecule has 0 saturated carbocycles. The maximum atomic E-state index is 12.7. The summed E-state index contributed by atoms with van der Waals surface area (Å²) >= 11 is 0. The maximum Gasteiger partial charge on any atom is 0.407 e. The molecule has 2 aromatic rings. The number of hydrogen-bond donors (Lipinski definition) is 2. The van der Waals surface area contributed by atoms with Gasteiger partial charge in [0.25, 0.3) is 0 Å². The molecule has 4 rings (SSSR count). The Morgan fingerprint density at radius 2 is 1.74 bits per heavy atom. The van der Waals surface area contributed by atoms with Crippen LogP contribution in [-0.4, -0.2) is 54.2 Å². The van der Waals surface area contributed by atoms with Crippen LogP contribution in [0.15, 0.2) is 48.5 Å². The zero-order valence-corrected chi connectivity index (χ0v) is 20.2. The van der Waals surface area contributed by atoms with E-state index < -0.39 is 12.1 Å². The molecule has 2 amide bonds. The summed E-state index contributed by atoms with van der Waals surface area (Å²) in [5.74, 6) is -0.492. The van der Waals surface area contributed by atoms with Crippen LogP contribution in [0, 0.1) is 11.8 Å². The highest BCUT2D eigenvalue weighted by Crippen LogP contribution is 2.44. The van der Waals surface area contributed by atoms with Gasteiger partial charge in [-0.1, -0.05) is 55.5 Å². The summed E-state index contributed by atoms with van der Waals surface area (Å²) in [5, 5.41) is 11.7. The topological polar surface area (TPSA) is 95.9 Å². The molecule has 0 aromatic heterocycles. The number of hydrogen-bond acceptors (Lipinski definition) is 4. The molecule has 186 valence electrons. The minimum atomic E-state index is -0.790. The van der Waals surface area contributed by atoms with E-state index in [4.69, 9.17) is 9.84 Å². The number of piperidine rings is 1. The first-order valence-electron chi connectivity index (χ1n) is 12.5. The van der Waals surface area contributed by atoms with Crippen LogP contribution < -0.4 is 5.32 Å². The zero-order chi connectivity index (χ0) is 24.8. The van der Waals surface area contributed by atoms with E-state index in [-0.39, 0.29) is 36.7 Å². The highest BCUT2D eigenvalue weighted by atomic mass is 16.5. The number of fused-ring (bicyclic) bond motifs is 3. The van der Waals surface area contributed by atoms with Crippen LogP contribution in [0.25, 0.3) is 11.1 Å². The number of benzene rings is 2. The minimum absolute atomic E-state index is 0.0142. The molecule has 1 aliphatic carbocycles. The standard InChI is InChI=1S/C28H34N2O5/c1-19(15-26(31)30-14-6-7-20(17-30)12-13-27(32)33)16-29-28(34)35-18-25-23-10-4-2-8-21(23)22-9-3-5-11-24(22)25/h2-5,8-11,19-20,25H,6-7,12-18H2,1H3,(H,29,34)(H,32,33). The van der Waals surface area contributed by atoms with Gasteiger partial charge in [-0.15, -0.1) is 0 Å². The molecular formula is C28H34N2O5. The number of nitrogens with zero attached hydrogens (tertiary/aromatic N) is 1. The number of amides is 2. The number of likely N-dealkylation sites (tertiary alicyclic amines) is 1. The Kier molecular flexibility index (Phi) is 8.06. The van der Waals surface area contributed by atoms with Crippen molar-refractivity contribution in [1.29, 1.82) is 0 Å². The lowest BCUT2D eigenvalue weighted by atomic mass is 9.93. The predicted molar refractivity (Wildman–Crippen MR) is 133 cm³/mol. The van der Waals surface area contributed by atoms with Crippen LogP contribution in [0.3, 0.4) is 0 Å². The van der Waals surface area contributed by atoms with Crippen LogP contribution in [0.1, 0.15) is 56.1 Å². The molecule has 0 radical (unpaired) electrons. The largest absolute Gasteiger partial charge is 0.481 e. The summed E-state index contributed by atoms with van der Waals surface area (Å²) in [7, 11) is 0. The van der Waals surface area contributed by atoms with Crippen molar-refractivity contribution in [1.82, 2.24) is 10.2 Å². The van der Waals surface area contributed by atoms with Gasteiger partial charge in [-0.25, -0.2) is 4.79 Å². The zero-order valence-electron chi connectivity index (χ0n) is 20.2. The van der Waals surface area contributed by atoms with Crippen molar-refractivity contribution in [3.05, 3.63) is 59.7 Å². The Labute approximate surface area is 206 Å². The van der Waals surface area contributed by atoms with E-state index >= 15 is 0 Å². The van der Waals surface area contributed by atoms with Gasteiger partial charge in [-0.05, 0) is 53.4 Å². The van der Waals surface area contributed by atoms with Crippen molar-refractivity contribution in [2.75, 3.05) is 26.2 Å². The van der Waals surface area contributed by atoms with Gasteiger partial charge in [0, 0.05) is 38.4 Å². The average Bonchev–Trinajstić information content (AvgIpc) is 3.19. The molecule has 7 nitrogen and oxygen atoms in total. The van der Waals surface area contributed by atoms with Crippen LogP contribution in [-0.2, 0) is 14.3 Å². The Hall–Kier alpha value is -3.35. The number of carbonyl (C=O) groups excluding carboxylic acids is 2. The second-order valence-corrected chi connectivity index (χ2v) is 9.80. The summed E-state index contributed by atoms with van der Waals surface area (Å²) in [6.07, 6.45) is 2.50. The number of carboxylic acid groups (broad SMARTS) is 1. The van der Waals surface area contributed by atoms with Crippen molar-refractivity contribution in [2.24, 2.45) is 11.8 Å². The van der Waals surface area contributed by atoms with Crippen molar-refractivity contribution < 1.29 is 24.2 Å². The van der Waals surface area contributed by atoms with Crippen LogP contribution in [0.4, 0.5) is 4.79 Å². The number of rotatable bonds is 9. The molecule has 7 heteroatoms. The van der Waals surface area contributed by atoms with E-state index in [9.17, 15) is 14.4 Å². The molecule has 2 aromatic carbocycles. The fourth-order valence-electron chi connectivity index (χ4n) is 5.26. The minimum Gasteiger partial charge on any atom is -0.481 e. The molecule has 2 N–H and O–H groups in total. The highest BCUT2D eigenvalue weighted by molar-refractivity contribution is 5.79. The van der Waals surface area contributed by atoms with Crippen molar-refractivity contribution >= 4 is 18.0 Å². The first-order valence-corrected chi connectivity index (χ1v) is 12.5. The van der Waals surface area contributed by atoms with Gasteiger partial charge < -0.3 is 20.1 Å². The Bertz CT molecular complexity index is 1020. The van der Waals surface area contributed by atoms with E-state index in [0.29, 0.717) is 25.9 Å². The molecule has 0 spiro atoms. The van der Waals surface area contributed by atoms with Crippen LogP contribution >= 0.6 is 0 Å². The normalized spacial score (nSPS) is 17.9. The van der Waals surface area contributed by atoms with E-state index in [2.05, 4.69) is 29.6 Å². The molecule has 2 aliphatic rings. The molecule has 1 aliphatic heterocycles. The number of alkyl carbamates (subject to hydrolysis) is 1. The summed E-state index contributed by atoms with van der Waals surface area (Å²) in [6.45, 7) is 3.90. The monoisotopic (exact) mass is 478 g/mol. The van der Waals surface area contributed by atoms with E-state index in [1.807, 2.05) is 36.1 Å². The Morgan fingerprint density at radius 3 is 2.40 bits per heavy atom. The van der Waals surface area contributed by atoms with Gasteiger partial charge in [0.1, 0.15) is 6.61 Å². The molecule has 2 atom stereocenters. The third kappa shape index (κ3) is 6.21. The third-order valence-corrected chi connectivity index (χ3v) is 7.10. The van der Waals surface area contributed by atoms with Gasteiger partial charge in [0.15, 0.2) is 0 Å². The maximum absolute atomic E-state index is 12.7. The number of carbonyl (C=O) groups is 3. The second-order valence-electron chi connectivity index (χ2n) is 9.80. The lowest BCUT2D eigenvalue weighted by molar-refractivity contribution is -0.137.